The molecule has 6 rings (SSSR count). The molecular formula is C33H33N5O4. The molecule has 0 saturated heterocycles. The molecule has 0 radical (unpaired) electrons. The number of carbonyl (C=O) groups is 2. The molecule has 1 aliphatic rings. The van der Waals surface area contributed by atoms with Gasteiger partial charge in [0.25, 0.3) is 11.8 Å². The summed E-state index contributed by atoms with van der Waals surface area (Å²) in [5.74, 6) is 0.653. The average molecular weight is 564 g/mol. The van der Waals surface area contributed by atoms with Crippen LogP contribution in [-0.2, 0) is 7.05 Å². The largest absolute Gasteiger partial charge is 0.497 e. The van der Waals surface area contributed by atoms with E-state index in [1.807, 2.05) is 79.2 Å². The predicted octanol–water partition coefficient (Wildman–Crippen LogP) is 6.11. The molecular weight excluding hydrogens is 530 g/mol. The molecule has 0 unspecified atom stereocenters. The zero-order chi connectivity index (χ0) is 29.8. The predicted molar refractivity (Wildman–Crippen MR) is 164 cm³/mol. The van der Waals surface area contributed by atoms with Gasteiger partial charge in [0, 0.05) is 67.7 Å². The molecule has 0 N–H and O–H groups in total. The van der Waals surface area contributed by atoms with E-state index in [0.29, 0.717) is 29.2 Å². The third-order valence-corrected chi connectivity index (χ3v) is 7.04. The van der Waals surface area contributed by atoms with Crippen LogP contribution in [0.2, 0.25) is 0 Å². The maximum Gasteiger partial charge on any atom is 0.261 e. The number of rotatable bonds is 8. The maximum absolute atomic E-state index is 13.1. The number of aryl methyl sites for hydroxylation is 1. The van der Waals surface area contributed by atoms with Crippen LogP contribution in [-0.4, -0.2) is 58.6 Å². The Labute approximate surface area is 244 Å². The molecule has 0 atom stereocenters. The Morgan fingerprint density at radius 1 is 0.810 bits per heavy atom. The van der Waals surface area contributed by atoms with Crippen LogP contribution in [0.15, 0.2) is 85.3 Å². The molecule has 0 saturated carbocycles. The number of hydrogen-bond donors (Lipinski definition) is 0. The lowest BCUT2D eigenvalue weighted by Gasteiger charge is -2.28. The minimum atomic E-state index is -0.291. The Morgan fingerprint density at radius 2 is 1.48 bits per heavy atom. The van der Waals surface area contributed by atoms with Gasteiger partial charge in [0.2, 0.25) is 0 Å². The number of amides is 2. The van der Waals surface area contributed by atoms with Crippen LogP contribution in [0, 0.1) is 0 Å². The van der Waals surface area contributed by atoms with E-state index < -0.39 is 0 Å². The molecule has 3 aromatic carbocycles. The molecule has 9 nitrogen and oxygen atoms in total. The standard InChI is InChI=1S/C31H27N5O4.C2H6/c1-34-11-10-20(19-34)29-18-32-27-9-8-21(16-28(27)33-29)35(22-14-23(39-2)17-24(15-22)40-3)12-13-36-30(37)25-6-4-5-7-26(25)31(36)38;1-2/h4-11,14-19H,12-13H2,1-3H3;1-2H3. The molecule has 3 heterocycles. The number of methoxy groups -OCH3 is 2. The fourth-order valence-corrected chi connectivity index (χ4v) is 4.96. The van der Waals surface area contributed by atoms with Crippen molar-refractivity contribution in [2.45, 2.75) is 13.8 Å². The summed E-state index contributed by atoms with van der Waals surface area (Å²) in [5, 5.41) is 0. The zero-order valence-electron chi connectivity index (χ0n) is 24.4. The minimum absolute atomic E-state index is 0.180. The SMILES string of the molecule is CC.COc1cc(OC)cc(N(CCN2C(=O)c3ccccc3C2=O)c2ccc3ncc(-c4ccn(C)c4)nc3c2)c1. The third kappa shape index (κ3) is 5.41. The zero-order valence-corrected chi connectivity index (χ0v) is 24.4. The Kier molecular flexibility index (Phi) is 8.19. The molecule has 42 heavy (non-hydrogen) atoms. The molecule has 0 aliphatic carbocycles. The number of hydrogen-bond acceptors (Lipinski definition) is 7. The minimum Gasteiger partial charge on any atom is -0.497 e. The van der Waals surface area contributed by atoms with Crippen LogP contribution >= 0.6 is 0 Å². The maximum atomic E-state index is 13.1. The number of ether oxygens (including phenoxy) is 2. The quantitative estimate of drug-likeness (QED) is 0.210. The molecule has 9 heteroatoms. The number of carbonyl (C=O) groups excluding carboxylic acids is 2. The van der Waals surface area contributed by atoms with Crippen molar-refractivity contribution in [2.24, 2.45) is 7.05 Å². The second-order valence-corrected chi connectivity index (χ2v) is 9.52. The van der Waals surface area contributed by atoms with E-state index in [0.717, 1.165) is 33.7 Å². The highest BCUT2D eigenvalue weighted by molar-refractivity contribution is 6.21. The average Bonchev–Trinajstić information content (AvgIpc) is 3.58. The number of imide groups is 1. The summed E-state index contributed by atoms with van der Waals surface area (Å²) >= 11 is 0. The van der Waals surface area contributed by atoms with Gasteiger partial charge in [-0.25, -0.2) is 4.98 Å². The lowest BCUT2D eigenvalue weighted by Crippen LogP contribution is -2.36. The number of aromatic nitrogens is 3. The highest BCUT2D eigenvalue weighted by Gasteiger charge is 2.35. The summed E-state index contributed by atoms with van der Waals surface area (Å²) < 4.78 is 13.0. The highest BCUT2D eigenvalue weighted by atomic mass is 16.5. The van der Waals surface area contributed by atoms with E-state index in [1.165, 1.54) is 4.90 Å². The fraction of sp³-hybridized carbons (Fsp3) is 0.212. The Bertz CT molecular complexity index is 1710. The van der Waals surface area contributed by atoms with Crippen molar-refractivity contribution >= 4 is 34.2 Å². The van der Waals surface area contributed by atoms with Gasteiger partial charge in [0.1, 0.15) is 11.5 Å². The van der Waals surface area contributed by atoms with E-state index >= 15 is 0 Å². The molecule has 2 amide bonds. The van der Waals surface area contributed by atoms with Crippen molar-refractivity contribution in [1.29, 1.82) is 0 Å². The first-order valence-electron chi connectivity index (χ1n) is 13.8. The number of anilines is 2. The smallest absolute Gasteiger partial charge is 0.261 e. The fourth-order valence-electron chi connectivity index (χ4n) is 4.96. The van der Waals surface area contributed by atoms with Gasteiger partial charge in [-0.2, -0.15) is 0 Å². The first-order valence-corrected chi connectivity index (χ1v) is 13.8. The summed E-state index contributed by atoms with van der Waals surface area (Å²) in [6.07, 6.45) is 5.73. The summed E-state index contributed by atoms with van der Waals surface area (Å²) in [7, 11) is 5.15. The highest BCUT2D eigenvalue weighted by Crippen LogP contribution is 2.34. The van der Waals surface area contributed by atoms with Crippen LogP contribution in [0.4, 0.5) is 11.4 Å². The van der Waals surface area contributed by atoms with Gasteiger partial charge in [0.05, 0.1) is 48.3 Å². The summed E-state index contributed by atoms with van der Waals surface area (Å²) in [4.78, 5) is 39.0. The number of nitrogens with zero attached hydrogens (tertiary/aromatic N) is 5. The Hall–Kier alpha value is -5.18. The van der Waals surface area contributed by atoms with Crippen molar-refractivity contribution in [2.75, 3.05) is 32.2 Å². The van der Waals surface area contributed by atoms with E-state index in [-0.39, 0.29) is 18.4 Å². The molecule has 0 bridgehead atoms. The van der Waals surface area contributed by atoms with Gasteiger partial charge in [-0.3, -0.25) is 19.5 Å². The van der Waals surface area contributed by atoms with Gasteiger partial charge in [-0.15, -0.1) is 0 Å². The monoisotopic (exact) mass is 563 g/mol. The van der Waals surface area contributed by atoms with Crippen LogP contribution in [0.25, 0.3) is 22.3 Å². The van der Waals surface area contributed by atoms with E-state index in [2.05, 4.69) is 4.98 Å². The van der Waals surface area contributed by atoms with Crippen LogP contribution in [0.5, 0.6) is 11.5 Å². The molecule has 214 valence electrons. The molecule has 2 aromatic heterocycles. The molecule has 0 spiro atoms. The van der Waals surface area contributed by atoms with Gasteiger partial charge in [-0.05, 0) is 36.4 Å². The van der Waals surface area contributed by atoms with Crippen molar-refractivity contribution in [1.82, 2.24) is 19.4 Å². The second-order valence-electron chi connectivity index (χ2n) is 9.52. The lowest BCUT2D eigenvalue weighted by molar-refractivity contribution is 0.0659. The Balaban J connectivity index is 0.00000173. The lowest BCUT2D eigenvalue weighted by atomic mass is 10.1. The molecule has 5 aromatic rings. The van der Waals surface area contributed by atoms with Crippen molar-refractivity contribution < 1.29 is 19.1 Å². The van der Waals surface area contributed by atoms with Gasteiger partial charge in [0.15, 0.2) is 0 Å². The molecule has 0 fully saturated rings. The first kappa shape index (κ1) is 28.4. The van der Waals surface area contributed by atoms with Crippen LogP contribution in [0.1, 0.15) is 34.6 Å². The van der Waals surface area contributed by atoms with Crippen molar-refractivity contribution in [3.63, 3.8) is 0 Å². The Morgan fingerprint density at radius 3 is 2.07 bits per heavy atom. The van der Waals surface area contributed by atoms with Crippen LogP contribution in [0.3, 0.4) is 0 Å². The third-order valence-electron chi connectivity index (χ3n) is 7.04. The van der Waals surface area contributed by atoms with E-state index in [9.17, 15) is 9.59 Å². The van der Waals surface area contributed by atoms with Gasteiger partial charge in [-0.1, -0.05) is 26.0 Å². The van der Waals surface area contributed by atoms with Gasteiger partial charge < -0.3 is 18.9 Å². The van der Waals surface area contributed by atoms with Gasteiger partial charge >= 0.3 is 0 Å². The number of benzene rings is 3. The number of fused-ring (bicyclic) bond motifs is 2. The summed E-state index contributed by atoms with van der Waals surface area (Å²) in [6, 6.07) is 20.3. The molecule has 1 aliphatic heterocycles. The van der Waals surface area contributed by atoms with E-state index in [1.54, 1.807) is 50.7 Å². The second kappa shape index (κ2) is 12.1. The van der Waals surface area contributed by atoms with Crippen LogP contribution < -0.4 is 14.4 Å². The first-order chi connectivity index (χ1) is 20.4. The summed E-state index contributed by atoms with van der Waals surface area (Å²) in [5.41, 5.74) is 5.67. The summed E-state index contributed by atoms with van der Waals surface area (Å²) in [6.45, 7) is 4.51. The van der Waals surface area contributed by atoms with Crippen molar-refractivity contribution in [3.05, 3.63) is 96.4 Å². The van der Waals surface area contributed by atoms with Crippen molar-refractivity contribution in [3.8, 4) is 22.8 Å². The normalized spacial score (nSPS) is 12.2. The topological polar surface area (TPSA) is 89.8 Å². The van der Waals surface area contributed by atoms with E-state index in [4.69, 9.17) is 14.5 Å².